The van der Waals surface area contributed by atoms with Crippen LogP contribution in [0.3, 0.4) is 0 Å². The molecule has 41 heavy (non-hydrogen) atoms. The Bertz CT molecular complexity index is 1220. The van der Waals surface area contributed by atoms with E-state index in [2.05, 4.69) is 0 Å². The SMILES string of the molecule is COCOc1cc(OC)cc(/C=C/C[C@@H]2OC(C)(C)O[C@@H]2C(/C=C\CC(C)O)OC(=O)c2ccccc2)c1C(=O)O. The fourth-order valence-electron chi connectivity index (χ4n) is 4.37. The summed E-state index contributed by atoms with van der Waals surface area (Å²) in [5, 5.41) is 19.6. The van der Waals surface area contributed by atoms with Gasteiger partial charge in [0.25, 0.3) is 0 Å². The summed E-state index contributed by atoms with van der Waals surface area (Å²) in [7, 11) is 2.91. The van der Waals surface area contributed by atoms with E-state index in [1.54, 1.807) is 81.5 Å². The fraction of sp³-hybridized carbons (Fsp3) is 0.419. The lowest BCUT2D eigenvalue weighted by Gasteiger charge is -2.24. The predicted octanol–water partition coefficient (Wildman–Crippen LogP) is 4.85. The molecule has 2 aromatic carbocycles. The normalized spacial score (nSPS) is 19.8. The number of carbonyl (C=O) groups is 2. The molecule has 2 aromatic rings. The summed E-state index contributed by atoms with van der Waals surface area (Å²) in [5.74, 6) is -2.15. The van der Waals surface area contributed by atoms with E-state index in [0.29, 0.717) is 29.7 Å². The first kappa shape index (κ1) is 31.8. The number of aliphatic hydroxyl groups excluding tert-OH is 1. The minimum Gasteiger partial charge on any atom is -0.497 e. The lowest BCUT2D eigenvalue weighted by molar-refractivity contribution is -0.152. The average Bonchev–Trinajstić information content (AvgIpc) is 3.24. The number of aromatic carboxylic acids is 1. The summed E-state index contributed by atoms with van der Waals surface area (Å²) < 4.78 is 34.0. The molecule has 4 atom stereocenters. The molecular weight excluding hydrogens is 532 g/mol. The first-order valence-corrected chi connectivity index (χ1v) is 13.2. The molecule has 10 nitrogen and oxygen atoms in total. The number of carboxylic acids is 1. The first-order valence-electron chi connectivity index (χ1n) is 13.2. The summed E-state index contributed by atoms with van der Waals surface area (Å²) in [6.45, 7) is 5.07. The van der Waals surface area contributed by atoms with Crippen molar-refractivity contribution in [3.8, 4) is 11.5 Å². The van der Waals surface area contributed by atoms with Crippen LogP contribution in [-0.4, -0.2) is 73.4 Å². The molecule has 2 N–H and O–H groups in total. The number of aliphatic hydroxyl groups is 1. The Balaban J connectivity index is 1.89. The Morgan fingerprint density at radius 1 is 1.10 bits per heavy atom. The largest absolute Gasteiger partial charge is 0.497 e. The van der Waals surface area contributed by atoms with Gasteiger partial charge in [-0.2, -0.15) is 0 Å². The van der Waals surface area contributed by atoms with Gasteiger partial charge in [-0.1, -0.05) is 36.4 Å². The molecule has 1 fully saturated rings. The zero-order valence-corrected chi connectivity index (χ0v) is 23.9. The third kappa shape index (κ3) is 9.15. The van der Waals surface area contributed by atoms with Crippen molar-refractivity contribution in [2.45, 2.75) is 63.8 Å². The van der Waals surface area contributed by atoms with E-state index < -0.39 is 42.1 Å². The molecule has 1 saturated heterocycles. The van der Waals surface area contributed by atoms with Crippen LogP contribution in [-0.2, 0) is 18.9 Å². The van der Waals surface area contributed by atoms with E-state index in [1.165, 1.54) is 20.3 Å². The van der Waals surface area contributed by atoms with Crippen molar-refractivity contribution in [1.82, 2.24) is 0 Å². The van der Waals surface area contributed by atoms with Gasteiger partial charge in [0.1, 0.15) is 29.3 Å². The van der Waals surface area contributed by atoms with Crippen molar-refractivity contribution in [1.29, 1.82) is 0 Å². The molecule has 222 valence electrons. The molecule has 0 spiro atoms. The zero-order valence-electron chi connectivity index (χ0n) is 23.9. The predicted molar refractivity (Wildman–Crippen MR) is 151 cm³/mol. The highest BCUT2D eigenvalue weighted by atomic mass is 16.8. The Morgan fingerprint density at radius 3 is 2.46 bits per heavy atom. The van der Waals surface area contributed by atoms with Crippen LogP contribution in [0.15, 0.2) is 60.7 Å². The molecule has 1 aliphatic heterocycles. The number of hydrogen-bond donors (Lipinski definition) is 2. The maximum absolute atomic E-state index is 12.9. The fourth-order valence-corrected chi connectivity index (χ4v) is 4.37. The van der Waals surface area contributed by atoms with Gasteiger partial charge in [-0.15, -0.1) is 0 Å². The third-order valence-electron chi connectivity index (χ3n) is 6.15. The summed E-state index contributed by atoms with van der Waals surface area (Å²) in [6, 6.07) is 11.7. The second kappa shape index (κ2) is 14.8. The van der Waals surface area contributed by atoms with E-state index in [1.807, 2.05) is 0 Å². The van der Waals surface area contributed by atoms with Crippen molar-refractivity contribution in [3.05, 3.63) is 77.4 Å². The standard InChI is InChI=1S/C31H38O10/c1-20(32)11-9-15-24(39-30(35)21-12-7-6-8-13-21)28-25(40-31(2,3)41-28)16-10-14-22-17-23(37-5)18-26(38-19-36-4)27(22)29(33)34/h6-10,12-15,17-18,20,24-25,28,32H,11,16,19H2,1-5H3,(H,33,34)/b14-10+,15-9-/t20?,24?,25-,28+/m0/s1. The molecule has 0 saturated carbocycles. The summed E-state index contributed by atoms with van der Waals surface area (Å²) >= 11 is 0. The number of hydrogen-bond acceptors (Lipinski definition) is 9. The first-order chi connectivity index (χ1) is 19.5. The number of ether oxygens (including phenoxy) is 6. The van der Waals surface area contributed by atoms with Crippen molar-refractivity contribution >= 4 is 18.0 Å². The molecular formula is C31H38O10. The number of rotatable bonds is 14. The number of methoxy groups -OCH3 is 2. The number of benzene rings is 2. The Morgan fingerprint density at radius 2 is 1.83 bits per heavy atom. The van der Waals surface area contributed by atoms with Crippen LogP contribution in [0.2, 0.25) is 0 Å². The minimum atomic E-state index is -1.17. The molecule has 0 amide bonds. The van der Waals surface area contributed by atoms with Gasteiger partial charge in [0, 0.05) is 13.2 Å². The van der Waals surface area contributed by atoms with Crippen LogP contribution in [0.5, 0.6) is 11.5 Å². The topological polar surface area (TPSA) is 130 Å². The van der Waals surface area contributed by atoms with Gasteiger partial charge < -0.3 is 38.6 Å². The summed E-state index contributed by atoms with van der Waals surface area (Å²) in [5.41, 5.74) is 0.707. The highest BCUT2D eigenvalue weighted by Crippen LogP contribution is 2.35. The number of carboxylic acid groups (broad SMARTS) is 1. The van der Waals surface area contributed by atoms with Crippen LogP contribution in [0.25, 0.3) is 6.08 Å². The highest BCUT2D eigenvalue weighted by molar-refractivity contribution is 5.95. The van der Waals surface area contributed by atoms with Gasteiger partial charge in [-0.05, 0) is 63.5 Å². The maximum atomic E-state index is 12.9. The third-order valence-corrected chi connectivity index (χ3v) is 6.15. The van der Waals surface area contributed by atoms with Gasteiger partial charge >= 0.3 is 11.9 Å². The van der Waals surface area contributed by atoms with Crippen LogP contribution in [0.4, 0.5) is 0 Å². The molecule has 0 aromatic heterocycles. The minimum absolute atomic E-state index is 0.0460. The molecule has 10 heteroatoms. The molecule has 1 heterocycles. The summed E-state index contributed by atoms with van der Waals surface area (Å²) in [6.07, 6.45) is 4.90. The highest BCUT2D eigenvalue weighted by Gasteiger charge is 2.45. The Kier molecular flexibility index (Phi) is 11.5. The second-order valence-corrected chi connectivity index (χ2v) is 9.97. The maximum Gasteiger partial charge on any atom is 0.340 e. The average molecular weight is 571 g/mol. The van der Waals surface area contributed by atoms with E-state index in [9.17, 15) is 19.8 Å². The summed E-state index contributed by atoms with van der Waals surface area (Å²) in [4.78, 5) is 25.0. The molecule has 3 rings (SSSR count). The van der Waals surface area contributed by atoms with E-state index in [0.717, 1.165) is 0 Å². The van der Waals surface area contributed by atoms with E-state index in [4.69, 9.17) is 28.4 Å². The van der Waals surface area contributed by atoms with Gasteiger partial charge in [0.2, 0.25) is 0 Å². The van der Waals surface area contributed by atoms with Crippen molar-refractivity contribution in [3.63, 3.8) is 0 Å². The van der Waals surface area contributed by atoms with Crippen LogP contribution >= 0.6 is 0 Å². The quantitative estimate of drug-likeness (QED) is 0.185. The smallest absolute Gasteiger partial charge is 0.340 e. The number of esters is 1. The lowest BCUT2D eigenvalue weighted by atomic mass is 10.0. The molecule has 0 bridgehead atoms. The molecule has 0 radical (unpaired) electrons. The Hall–Kier alpha value is -3.70. The second-order valence-electron chi connectivity index (χ2n) is 9.97. The van der Waals surface area contributed by atoms with Crippen molar-refractivity contribution < 1.29 is 48.2 Å². The molecule has 0 aliphatic carbocycles. The van der Waals surface area contributed by atoms with Crippen molar-refractivity contribution in [2.24, 2.45) is 0 Å². The molecule has 1 aliphatic rings. The molecule has 2 unspecified atom stereocenters. The van der Waals surface area contributed by atoms with Crippen LogP contribution < -0.4 is 9.47 Å². The van der Waals surface area contributed by atoms with E-state index >= 15 is 0 Å². The lowest BCUT2D eigenvalue weighted by Crippen LogP contribution is -2.37. The van der Waals surface area contributed by atoms with Crippen LogP contribution in [0.1, 0.15) is 59.9 Å². The van der Waals surface area contributed by atoms with Crippen molar-refractivity contribution in [2.75, 3.05) is 21.0 Å². The van der Waals surface area contributed by atoms with Crippen LogP contribution in [0, 0.1) is 0 Å². The van der Waals surface area contributed by atoms with E-state index in [-0.39, 0.29) is 18.1 Å². The monoisotopic (exact) mass is 570 g/mol. The zero-order chi connectivity index (χ0) is 30.0. The van der Waals surface area contributed by atoms with Gasteiger partial charge in [0.15, 0.2) is 12.6 Å². The van der Waals surface area contributed by atoms with Gasteiger partial charge in [0.05, 0.1) is 24.9 Å². The Labute approximate surface area is 240 Å². The van der Waals surface area contributed by atoms with Gasteiger partial charge in [-0.25, -0.2) is 9.59 Å². The van der Waals surface area contributed by atoms with Gasteiger partial charge in [-0.3, -0.25) is 0 Å². The number of carbonyl (C=O) groups excluding carboxylic acids is 1.